The van der Waals surface area contributed by atoms with Crippen LogP contribution in [0.1, 0.15) is 45.2 Å². The summed E-state index contributed by atoms with van der Waals surface area (Å²) in [6.07, 6.45) is 3.64. The van der Waals surface area contributed by atoms with E-state index in [1.165, 1.54) is 0 Å². The Morgan fingerprint density at radius 3 is 2.54 bits per heavy atom. The van der Waals surface area contributed by atoms with Crippen LogP contribution in [0.4, 0.5) is 0 Å². The van der Waals surface area contributed by atoms with E-state index in [0.29, 0.717) is 55.6 Å². The maximum absolute atomic E-state index is 13.6. The molecule has 0 aliphatic carbocycles. The molecule has 0 unspecified atom stereocenters. The summed E-state index contributed by atoms with van der Waals surface area (Å²) in [7, 11) is 0. The summed E-state index contributed by atoms with van der Waals surface area (Å²) in [6, 6.07) is 21.5. The molecular formula is C34H35ClN2O4. The predicted octanol–water partition coefficient (Wildman–Crippen LogP) is 6.62. The lowest BCUT2D eigenvalue weighted by molar-refractivity contribution is -0.147. The molecule has 5 rings (SSSR count). The number of aromatic nitrogens is 1. The molecule has 1 aromatic heterocycles. The Balaban J connectivity index is 1.30. The van der Waals surface area contributed by atoms with Crippen molar-refractivity contribution in [2.24, 2.45) is 0 Å². The number of rotatable bonds is 9. The summed E-state index contributed by atoms with van der Waals surface area (Å²) in [6.45, 7) is 9.11. The highest BCUT2D eigenvalue weighted by Gasteiger charge is 2.23. The summed E-state index contributed by atoms with van der Waals surface area (Å²) in [5, 5.41) is 1.46. The van der Waals surface area contributed by atoms with E-state index in [9.17, 15) is 9.59 Å². The molecule has 6 nitrogen and oxygen atoms in total. The van der Waals surface area contributed by atoms with Crippen molar-refractivity contribution in [1.82, 2.24) is 9.47 Å². The maximum atomic E-state index is 13.6. The van der Waals surface area contributed by atoms with Crippen LogP contribution in [0.25, 0.3) is 17.0 Å². The Hall–Kier alpha value is -3.71. The van der Waals surface area contributed by atoms with Gasteiger partial charge in [-0.25, -0.2) is 0 Å². The first-order valence-electron chi connectivity index (χ1n) is 13.9. The quantitative estimate of drug-likeness (QED) is 0.212. The van der Waals surface area contributed by atoms with Crippen LogP contribution >= 0.6 is 11.6 Å². The number of morpholine rings is 1. The molecule has 0 saturated carbocycles. The molecule has 1 fully saturated rings. The number of fused-ring (bicyclic) bond motifs is 1. The van der Waals surface area contributed by atoms with Gasteiger partial charge in [-0.1, -0.05) is 71.8 Å². The van der Waals surface area contributed by atoms with Crippen LogP contribution in [-0.4, -0.2) is 53.6 Å². The van der Waals surface area contributed by atoms with Gasteiger partial charge in [-0.05, 0) is 56.2 Å². The van der Waals surface area contributed by atoms with Crippen molar-refractivity contribution < 1.29 is 19.1 Å². The van der Waals surface area contributed by atoms with Crippen LogP contribution in [0.15, 0.2) is 72.8 Å². The molecule has 4 aromatic rings. The van der Waals surface area contributed by atoms with Gasteiger partial charge in [0.15, 0.2) is 5.78 Å². The molecule has 2 heterocycles. The zero-order chi connectivity index (χ0) is 28.9. The Kier molecular flexibility index (Phi) is 9.03. The number of aryl methyl sites for hydroxylation is 1. The Bertz CT molecular complexity index is 1580. The smallest absolute Gasteiger partial charge is 0.251 e. The molecule has 1 atom stereocenters. The molecule has 1 aliphatic rings. The number of allylic oxidation sites excluding steroid dienone is 1. The van der Waals surface area contributed by atoms with Gasteiger partial charge in [0.25, 0.3) is 5.91 Å². The number of amides is 1. The number of carbonyl (C=O) groups is 2. The second-order valence-electron chi connectivity index (χ2n) is 10.5. The van der Waals surface area contributed by atoms with Crippen LogP contribution in [0.3, 0.4) is 0 Å². The van der Waals surface area contributed by atoms with Crippen molar-refractivity contribution in [2.45, 2.75) is 40.0 Å². The average molecular weight is 571 g/mol. The summed E-state index contributed by atoms with van der Waals surface area (Å²) in [5.41, 5.74) is 6.35. The molecule has 7 heteroatoms. The van der Waals surface area contributed by atoms with Gasteiger partial charge in [0.2, 0.25) is 0 Å². The molecule has 212 valence electrons. The van der Waals surface area contributed by atoms with Gasteiger partial charge in [-0.15, -0.1) is 0 Å². The Labute approximate surface area is 246 Å². The van der Waals surface area contributed by atoms with Gasteiger partial charge in [-0.2, -0.15) is 0 Å². The number of nitrogens with zero attached hydrogens (tertiary/aromatic N) is 2. The van der Waals surface area contributed by atoms with Crippen molar-refractivity contribution in [3.8, 4) is 0 Å². The fourth-order valence-electron chi connectivity index (χ4n) is 5.24. The monoisotopic (exact) mass is 570 g/mol. The van der Waals surface area contributed by atoms with E-state index >= 15 is 0 Å². The largest absolute Gasteiger partial charge is 0.378 e. The topological polar surface area (TPSA) is 60.8 Å². The van der Waals surface area contributed by atoms with Gasteiger partial charge < -0.3 is 18.9 Å². The molecule has 0 bridgehead atoms. The summed E-state index contributed by atoms with van der Waals surface area (Å²) >= 11 is 6.35. The van der Waals surface area contributed by atoms with Crippen LogP contribution in [0.5, 0.6) is 0 Å². The third-order valence-corrected chi connectivity index (χ3v) is 7.78. The maximum Gasteiger partial charge on any atom is 0.251 e. The molecule has 0 radical (unpaired) electrons. The lowest BCUT2D eigenvalue weighted by atomic mass is 10.00. The fourth-order valence-corrected chi connectivity index (χ4v) is 5.41. The highest BCUT2D eigenvalue weighted by Crippen LogP contribution is 2.31. The van der Waals surface area contributed by atoms with E-state index in [-0.39, 0.29) is 11.7 Å². The molecule has 0 N–H and O–H groups in total. The van der Waals surface area contributed by atoms with Crippen LogP contribution in [0, 0.1) is 13.8 Å². The second kappa shape index (κ2) is 12.9. The lowest BCUT2D eigenvalue weighted by Crippen LogP contribution is -2.45. The summed E-state index contributed by atoms with van der Waals surface area (Å²) in [5.74, 6) is -0.00767. The third-order valence-electron chi connectivity index (χ3n) is 7.55. The molecule has 1 amide bonds. The summed E-state index contributed by atoms with van der Waals surface area (Å²) in [4.78, 5) is 28.0. The predicted molar refractivity (Wildman–Crippen MR) is 163 cm³/mol. The fraction of sp³-hybridized carbons (Fsp3) is 0.294. The SMILES string of the molecule is Cc1ccc(C(=O)c2c(C)n(C/C=C/c3cccc(CO[C@H](C)C(=O)N4CCOCC4)c3)c3ccc(Cl)cc23)cc1. The number of hydrogen-bond donors (Lipinski definition) is 0. The van der Waals surface area contributed by atoms with E-state index in [4.69, 9.17) is 21.1 Å². The first-order valence-corrected chi connectivity index (χ1v) is 14.3. The van der Waals surface area contributed by atoms with Gasteiger partial charge in [0.1, 0.15) is 6.10 Å². The second-order valence-corrected chi connectivity index (χ2v) is 10.9. The molecule has 3 aromatic carbocycles. The molecule has 1 aliphatic heterocycles. The number of hydrogen-bond acceptors (Lipinski definition) is 4. The number of halogens is 1. The van der Waals surface area contributed by atoms with Crippen molar-refractivity contribution in [3.05, 3.63) is 111 Å². The van der Waals surface area contributed by atoms with Crippen molar-refractivity contribution in [2.75, 3.05) is 26.3 Å². The van der Waals surface area contributed by atoms with E-state index in [1.54, 1.807) is 11.8 Å². The number of benzene rings is 3. The minimum absolute atomic E-state index is 0.000172. The van der Waals surface area contributed by atoms with Crippen molar-refractivity contribution in [1.29, 1.82) is 0 Å². The van der Waals surface area contributed by atoms with Gasteiger partial charge >= 0.3 is 0 Å². The average Bonchev–Trinajstić information content (AvgIpc) is 3.26. The Morgan fingerprint density at radius 2 is 1.78 bits per heavy atom. The third kappa shape index (κ3) is 6.62. The van der Waals surface area contributed by atoms with Crippen LogP contribution in [0.2, 0.25) is 5.02 Å². The standard InChI is InChI=1S/C34H35ClN2O4/c1-23-9-11-28(12-10-23)33(38)32-24(2)37(31-14-13-29(35)21-30(31)32)15-5-8-26-6-4-7-27(20-26)22-41-25(3)34(39)36-16-18-40-19-17-36/h4-14,20-21,25H,15-19,22H2,1-3H3/b8-5+/t25-/m1/s1. The normalized spacial score (nSPS) is 14.6. The van der Waals surface area contributed by atoms with Crippen LogP contribution < -0.4 is 0 Å². The van der Waals surface area contributed by atoms with Crippen LogP contribution in [-0.2, 0) is 27.4 Å². The molecule has 41 heavy (non-hydrogen) atoms. The minimum atomic E-state index is -0.511. The highest BCUT2D eigenvalue weighted by atomic mass is 35.5. The lowest BCUT2D eigenvalue weighted by Gasteiger charge is -2.29. The number of carbonyl (C=O) groups excluding carboxylic acids is 2. The highest BCUT2D eigenvalue weighted by molar-refractivity contribution is 6.31. The van der Waals surface area contributed by atoms with Gasteiger partial charge in [0.05, 0.1) is 25.4 Å². The Morgan fingerprint density at radius 1 is 1.02 bits per heavy atom. The van der Waals surface area contributed by atoms with E-state index in [2.05, 4.69) is 22.8 Å². The van der Waals surface area contributed by atoms with Gasteiger partial charge in [-0.3, -0.25) is 9.59 Å². The summed E-state index contributed by atoms with van der Waals surface area (Å²) < 4.78 is 13.4. The van der Waals surface area contributed by atoms with E-state index in [0.717, 1.165) is 33.3 Å². The molecule has 1 saturated heterocycles. The minimum Gasteiger partial charge on any atom is -0.378 e. The number of ketones is 1. The van der Waals surface area contributed by atoms with Crippen molar-refractivity contribution >= 4 is 40.3 Å². The zero-order valence-corrected chi connectivity index (χ0v) is 24.5. The number of ether oxygens (including phenoxy) is 2. The first-order chi connectivity index (χ1) is 19.8. The van der Waals surface area contributed by atoms with E-state index < -0.39 is 6.10 Å². The first kappa shape index (κ1) is 28.8. The van der Waals surface area contributed by atoms with Crippen molar-refractivity contribution in [3.63, 3.8) is 0 Å². The van der Waals surface area contributed by atoms with Gasteiger partial charge in [0, 0.05) is 46.8 Å². The molecule has 0 spiro atoms. The van der Waals surface area contributed by atoms with E-state index in [1.807, 2.05) is 74.5 Å². The zero-order valence-electron chi connectivity index (χ0n) is 23.7. The molecular weight excluding hydrogens is 536 g/mol.